The quantitative estimate of drug-likeness (QED) is 0.513. The Morgan fingerprint density at radius 2 is 1.29 bits per heavy atom. The summed E-state index contributed by atoms with van der Waals surface area (Å²) in [6.45, 7) is 9.21. The number of nitrogens with two attached hydrogens (primary N) is 2. The van der Waals surface area contributed by atoms with Gasteiger partial charge in [-0.2, -0.15) is 0 Å². The molecule has 0 aliphatic carbocycles. The number of hydrogen-bond donors (Lipinski definition) is 4. The Morgan fingerprint density at radius 1 is 0.857 bits per heavy atom. The highest BCUT2D eigenvalue weighted by molar-refractivity contribution is 5.80. The molecule has 6 N–H and O–H groups in total. The smallest absolute Gasteiger partial charge is 0.323 e. The van der Waals surface area contributed by atoms with E-state index in [0.29, 0.717) is 0 Å². The summed E-state index contributed by atoms with van der Waals surface area (Å²) in [6, 6.07) is 0. The third kappa shape index (κ3) is 5.28. The summed E-state index contributed by atoms with van der Waals surface area (Å²) in [5, 5.41) is 18.9. The van der Waals surface area contributed by atoms with Gasteiger partial charge in [-0.05, 0) is 37.0 Å². The molecular weight excluding hydrogens is 272 g/mol. The normalized spacial score (nSPS) is 19.1. The van der Waals surface area contributed by atoms with E-state index in [-0.39, 0.29) is 31.1 Å². The maximum atomic E-state index is 11.6. The average Bonchev–Trinajstić information content (AvgIpc) is 2.25. The summed E-state index contributed by atoms with van der Waals surface area (Å²) in [6.07, 6.45) is 0.598. The maximum absolute atomic E-state index is 11.6. The van der Waals surface area contributed by atoms with E-state index in [1.807, 2.05) is 27.7 Å². The minimum Gasteiger partial charge on any atom is -0.480 e. The van der Waals surface area contributed by atoms with Gasteiger partial charge in [-0.1, -0.05) is 34.6 Å². The Morgan fingerprint density at radius 3 is 1.57 bits per heavy atom. The first kappa shape index (κ1) is 19.9. The average molecular weight is 302 g/mol. The number of hydrogen-bond acceptors (Lipinski definition) is 4. The van der Waals surface area contributed by atoms with Gasteiger partial charge < -0.3 is 21.7 Å². The van der Waals surface area contributed by atoms with Gasteiger partial charge in [0.2, 0.25) is 0 Å². The lowest BCUT2D eigenvalue weighted by molar-refractivity contribution is -0.150. The standard InChI is InChI=1S/C15H30N2O4/c1-9(2)6-14(16,12(18)19)8-11(5)15(17,13(20)21)7-10(3)4/h9-11H,6-8,16-17H2,1-5H3,(H,18,19)(H,20,21)/t11?,14-,15-/m1/s1. The number of carbonyl (C=O) groups is 2. The highest BCUT2D eigenvalue weighted by Gasteiger charge is 2.46. The minimum atomic E-state index is -1.47. The van der Waals surface area contributed by atoms with E-state index in [9.17, 15) is 19.8 Å². The zero-order valence-electron chi connectivity index (χ0n) is 13.7. The van der Waals surface area contributed by atoms with Crippen LogP contribution in [-0.4, -0.2) is 33.2 Å². The fraction of sp³-hybridized carbons (Fsp3) is 0.867. The van der Waals surface area contributed by atoms with Gasteiger partial charge in [-0.3, -0.25) is 9.59 Å². The van der Waals surface area contributed by atoms with Crippen LogP contribution in [0.3, 0.4) is 0 Å². The summed E-state index contributed by atoms with van der Waals surface area (Å²) >= 11 is 0. The van der Waals surface area contributed by atoms with Crippen LogP contribution in [0, 0.1) is 17.8 Å². The van der Waals surface area contributed by atoms with E-state index in [2.05, 4.69) is 0 Å². The van der Waals surface area contributed by atoms with Crippen LogP contribution in [0.1, 0.15) is 53.9 Å². The van der Waals surface area contributed by atoms with E-state index in [1.165, 1.54) is 0 Å². The van der Waals surface area contributed by atoms with Crippen LogP contribution >= 0.6 is 0 Å². The summed E-state index contributed by atoms with van der Waals surface area (Å²) < 4.78 is 0. The first-order valence-electron chi connectivity index (χ1n) is 7.39. The van der Waals surface area contributed by atoms with Gasteiger partial charge in [0.05, 0.1) is 0 Å². The van der Waals surface area contributed by atoms with Crippen LogP contribution in [0.25, 0.3) is 0 Å². The SMILES string of the molecule is CC(C)C[C@@](N)(CC(C)[C@](N)(CC(C)C)C(=O)O)C(=O)O. The molecule has 124 valence electrons. The second-order valence-electron chi connectivity index (χ2n) is 7.11. The van der Waals surface area contributed by atoms with Gasteiger partial charge in [-0.25, -0.2) is 0 Å². The Kier molecular flexibility index (Phi) is 6.83. The van der Waals surface area contributed by atoms with E-state index >= 15 is 0 Å². The molecule has 1 unspecified atom stereocenters. The van der Waals surface area contributed by atoms with Crippen molar-refractivity contribution in [1.29, 1.82) is 0 Å². The van der Waals surface area contributed by atoms with Crippen LogP contribution < -0.4 is 11.5 Å². The molecule has 6 nitrogen and oxygen atoms in total. The van der Waals surface area contributed by atoms with Crippen molar-refractivity contribution < 1.29 is 19.8 Å². The molecule has 0 aromatic carbocycles. The molecule has 0 fully saturated rings. The van der Waals surface area contributed by atoms with Crippen LogP contribution in [0.15, 0.2) is 0 Å². The van der Waals surface area contributed by atoms with E-state index in [4.69, 9.17) is 11.5 Å². The minimum absolute atomic E-state index is 0.0377. The van der Waals surface area contributed by atoms with Crippen molar-refractivity contribution in [2.45, 2.75) is 65.0 Å². The summed E-state index contributed by atoms with van der Waals surface area (Å²) in [7, 11) is 0. The first-order valence-corrected chi connectivity index (χ1v) is 7.39. The van der Waals surface area contributed by atoms with E-state index in [0.717, 1.165) is 0 Å². The fourth-order valence-corrected chi connectivity index (χ4v) is 2.89. The Balaban J connectivity index is 5.31. The molecule has 0 radical (unpaired) electrons. The molecule has 21 heavy (non-hydrogen) atoms. The van der Waals surface area contributed by atoms with Crippen LogP contribution in [0.2, 0.25) is 0 Å². The lowest BCUT2D eigenvalue weighted by atomic mass is 9.72. The highest BCUT2D eigenvalue weighted by atomic mass is 16.4. The molecule has 0 spiro atoms. The largest absolute Gasteiger partial charge is 0.480 e. The molecule has 0 saturated carbocycles. The Labute approximate surface area is 126 Å². The van der Waals surface area contributed by atoms with Crippen molar-refractivity contribution in [1.82, 2.24) is 0 Å². The predicted molar refractivity (Wildman–Crippen MR) is 81.8 cm³/mol. The Hall–Kier alpha value is -1.14. The van der Waals surface area contributed by atoms with Gasteiger partial charge >= 0.3 is 11.9 Å². The predicted octanol–water partition coefficient (Wildman–Crippen LogP) is 1.67. The fourth-order valence-electron chi connectivity index (χ4n) is 2.89. The van der Waals surface area contributed by atoms with Gasteiger partial charge in [0, 0.05) is 0 Å². The monoisotopic (exact) mass is 302 g/mol. The molecule has 0 bridgehead atoms. The number of carboxylic acids is 2. The first-order chi connectivity index (χ1) is 9.35. The lowest BCUT2D eigenvalue weighted by Crippen LogP contribution is -2.59. The molecule has 0 aliphatic rings. The molecule has 6 heteroatoms. The molecule has 0 aromatic rings. The molecule has 0 heterocycles. The zero-order chi connectivity index (χ0) is 17.0. The molecule has 0 rings (SSSR count). The van der Waals surface area contributed by atoms with Crippen LogP contribution in [-0.2, 0) is 9.59 Å². The number of aliphatic carboxylic acids is 2. The molecule has 0 amide bonds. The van der Waals surface area contributed by atoms with E-state index in [1.54, 1.807) is 6.92 Å². The van der Waals surface area contributed by atoms with Crippen molar-refractivity contribution in [3.8, 4) is 0 Å². The van der Waals surface area contributed by atoms with E-state index < -0.39 is 28.9 Å². The second-order valence-corrected chi connectivity index (χ2v) is 7.11. The van der Waals surface area contributed by atoms with Crippen molar-refractivity contribution in [2.75, 3.05) is 0 Å². The van der Waals surface area contributed by atoms with Gasteiger partial charge in [0.15, 0.2) is 0 Å². The molecule has 3 atom stereocenters. The third-order valence-electron chi connectivity index (χ3n) is 3.89. The number of carboxylic acid groups (broad SMARTS) is 2. The number of rotatable bonds is 9. The summed E-state index contributed by atoms with van der Waals surface area (Å²) in [4.78, 5) is 23.1. The topological polar surface area (TPSA) is 127 Å². The molecule has 0 aromatic heterocycles. The molecule has 0 saturated heterocycles. The molecular formula is C15H30N2O4. The second kappa shape index (κ2) is 7.22. The van der Waals surface area contributed by atoms with Crippen molar-refractivity contribution in [2.24, 2.45) is 29.2 Å². The van der Waals surface area contributed by atoms with Gasteiger partial charge in [-0.15, -0.1) is 0 Å². The summed E-state index contributed by atoms with van der Waals surface area (Å²) in [5.41, 5.74) is 9.18. The van der Waals surface area contributed by atoms with Crippen molar-refractivity contribution in [3.05, 3.63) is 0 Å². The highest BCUT2D eigenvalue weighted by Crippen LogP contribution is 2.32. The summed E-state index contributed by atoms with van der Waals surface area (Å²) in [5.74, 6) is -2.57. The zero-order valence-corrected chi connectivity index (χ0v) is 13.7. The van der Waals surface area contributed by atoms with Crippen molar-refractivity contribution >= 4 is 11.9 Å². The third-order valence-corrected chi connectivity index (χ3v) is 3.89. The molecule has 0 aliphatic heterocycles. The Bertz CT molecular complexity index is 384. The van der Waals surface area contributed by atoms with Gasteiger partial charge in [0.1, 0.15) is 11.1 Å². The van der Waals surface area contributed by atoms with Gasteiger partial charge in [0.25, 0.3) is 0 Å². The van der Waals surface area contributed by atoms with Crippen LogP contribution in [0.5, 0.6) is 0 Å². The van der Waals surface area contributed by atoms with Crippen molar-refractivity contribution in [3.63, 3.8) is 0 Å². The lowest BCUT2D eigenvalue weighted by Gasteiger charge is -2.37. The maximum Gasteiger partial charge on any atom is 0.323 e. The van der Waals surface area contributed by atoms with Crippen LogP contribution in [0.4, 0.5) is 0 Å².